The second-order valence-corrected chi connectivity index (χ2v) is 9.53. The van der Waals surface area contributed by atoms with Crippen molar-refractivity contribution in [3.05, 3.63) is 47.1 Å². The van der Waals surface area contributed by atoms with Crippen LogP contribution in [0.4, 0.5) is 4.79 Å². The molecular weight excluding hydrogens is 400 g/mol. The van der Waals surface area contributed by atoms with Crippen LogP contribution < -0.4 is 10.1 Å². The monoisotopic (exact) mass is 440 g/mol. The van der Waals surface area contributed by atoms with E-state index in [2.05, 4.69) is 43.6 Å². The second kappa shape index (κ2) is 11.0. The lowest BCUT2D eigenvalue weighted by molar-refractivity contribution is 0.199. The number of likely N-dealkylation sites (N-methyl/N-ethyl adjacent to an activating group) is 1. The molecule has 5 nitrogen and oxygen atoms in total. The van der Waals surface area contributed by atoms with E-state index in [1.807, 2.05) is 19.1 Å². The standard InChI is InChI=1S/C27H40N2O3/c1-6-8-9-10-20-14-24(30)26(23-13-19(5)11-12-22(23)18(3)4)25(15-20)32-27(31)28-16-21-17-29(21)7-2/h13-15,21-23,30H,3,6-12,16-17H2,1-2,4-5H3,(H,28,31)/t21?,22-,23+,29?/m0/s1. The predicted octanol–water partition coefficient (Wildman–Crippen LogP) is 5.93. The van der Waals surface area contributed by atoms with E-state index in [9.17, 15) is 9.90 Å². The van der Waals surface area contributed by atoms with Gasteiger partial charge in [0.2, 0.25) is 0 Å². The van der Waals surface area contributed by atoms with Gasteiger partial charge in [-0.1, -0.05) is 50.5 Å². The van der Waals surface area contributed by atoms with Crippen LogP contribution in [0.3, 0.4) is 0 Å². The van der Waals surface area contributed by atoms with E-state index in [0.717, 1.165) is 62.8 Å². The Balaban J connectivity index is 1.87. The Morgan fingerprint density at radius 2 is 2.09 bits per heavy atom. The zero-order valence-corrected chi connectivity index (χ0v) is 20.2. The van der Waals surface area contributed by atoms with Crippen LogP contribution in [-0.2, 0) is 6.42 Å². The fraction of sp³-hybridized carbons (Fsp3) is 0.593. The molecule has 5 heteroatoms. The first-order valence-electron chi connectivity index (χ1n) is 12.2. The van der Waals surface area contributed by atoms with E-state index in [0.29, 0.717) is 23.9 Å². The van der Waals surface area contributed by atoms with Crippen LogP contribution in [0.15, 0.2) is 35.9 Å². The molecule has 0 spiro atoms. The van der Waals surface area contributed by atoms with Crippen LogP contribution >= 0.6 is 0 Å². The largest absolute Gasteiger partial charge is 0.507 e. The molecule has 1 fully saturated rings. The number of hydrogen-bond acceptors (Lipinski definition) is 4. The van der Waals surface area contributed by atoms with Gasteiger partial charge in [-0.15, -0.1) is 0 Å². The van der Waals surface area contributed by atoms with Crippen molar-refractivity contribution in [2.24, 2.45) is 5.92 Å². The lowest BCUT2D eigenvalue weighted by Crippen LogP contribution is -2.32. The van der Waals surface area contributed by atoms with E-state index in [-0.39, 0.29) is 17.6 Å². The Labute approximate surface area is 193 Å². The molecule has 0 aromatic heterocycles. The number of rotatable bonds is 10. The van der Waals surface area contributed by atoms with Crippen molar-refractivity contribution in [3.63, 3.8) is 0 Å². The normalized spacial score (nSPS) is 24.6. The Bertz CT molecular complexity index is 861. The molecule has 3 rings (SSSR count). The number of phenolic OH excluding ortho intramolecular Hbond substituents is 1. The number of allylic oxidation sites excluding steroid dienone is 3. The lowest BCUT2D eigenvalue weighted by Gasteiger charge is -2.32. The van der Waals surface area contributed by atoms with Crippen LogP contribution in [-0.4, -0.2) is 41.8 Å². The third-order valence-electron chi connectivity index (χ3n) is 6.88. The Hall–Kier alpha value is -2.27. The minimum Gasteiger partial charge on any atom is -0.507 e. The van der Waals surface area contributed by atoms with Crippen LogP contribution in [0.25, 0.3) is 0 Å². The number of carbonyl (C=O) groups is 1. The SMILES string of the molecule is C=C(C)[C@@H]1CCC(C)=C[C@H]1c1c(O)cc(CCCCC)cc1OC(=O)NCC1CN1CC. The van der Waals surface area contributed by atoms with Gasteiger partial charge < -0.3 is 15.2 Å². The maximum Gasteiger partial charge on any atom is 0.412 e. The summed E-state index contributed by atoms with van der Waals surface area (Å²) in [6.07, 6.45) is 7.94. The third kappa shape index (κ3) is 6.16. The smallest absolute Gasteiger partial charge is 0.412 e. The van der Waals surface area contributed by atoms with Crippen molar-refractivity contribution in [1.29, 1.82) is 0 Å². The summed E-state index contributed by atoms with van der Waals surface area (Å²) in [6.45, 7) is 15.3. The van der Waals surface area contributed by atoms with Crippen LogP contribution in [0.2, 0.25) is 0 Å². The first-order chi connectivity index (χ1) is 15.3. The molecule has 2 aliphatic rings. The van der Waals surface area contributed by atoms with Crippen molar-refractivity contribution >= 4 is 6.09 Å². The minimum absolute atomic E-state index is 0.0484. The summed E-state index contributed by atoms with van der Waals surface area (Å²) in [5, 5.41) is 14.0. The molecule has 1 aliphatic carbocycles. The summed E-state index contributed by atoms with van der Waals surface area (Å²) in [7, 11) is 0. The molecule has 2 N–H and O–H groups in total. The molecule has 1 saturated heterocycles. The number of nitrogens with one attached hydrogen (secondary N) is 1. The van der Waals surface area contributed by atoms with Crippen molar-refractivity contribution in [1.82, 2.24) is 10.2 Å². The van der Waals surface area contributed by atoms with Crippen LogP contribution in [0.1, 0.15) is 76.8 Å². The number of unbranched alkanes of at least 4 members (excludes halogenated alkanes) is 2. The number of aryl methyl sites for hydroxylation is 1. The maximum atomic E-state index is 12.7. The van der Waals surface area contributed by atoms with Gasteiger partial charge in [-0.2, -0.15) is 0 Å². The average molecular weight is 441 g/mol. The first kappa shape index (κ1) is 24.4. The van der Waals surface area contributed by atoms with Gasteiger partial charge in [0.05, 0.1) is 0 Å². The first-order valence-corrected chi connectivity index (χ1v) is 12.2. The van der Waals surface area contributed by atoms with Gasteiger partial charge in [0.25, 0.3) is 0 Å². The molecule has 1 aromatic carbocycles. The summed E-state index contributed by atoms with van der Waals surface area (Å²) in [4.78, 5) is 15.0. The lowest BCUT2D eigenvalue weighted by atomic mass is 9.73. The fourth-order valence-electron chi connectivity index (χ4n) is 4.86. The number of benzene rings is 1. The molecule has 0 radical (unpaired) electrons. The number of amides is 1. The Morgan fingerprint density at radius 3 is 2.75 bits per heavy atom. The third-order valence-corrected chi connectivity index (χ3v) is 6.88. The summed E-state index contributed by atoms with van der Waals surface area (Å²) in [5.41, 5.74) is 4.09. The van der Waals surface area contributed by atoms with Gasteiger partial charge in [0.1, 0.15) is 11.5 Å². The van der Waals surface area contributed by atoms with Gasteiger partial charge in [0, 0.05) is 30.6 Å². The number of ether oxygens (including phenoxy) is 1. The number of hydrogen-bond donors (Lipinski definition) is 2. The molecule has 0 saturated carbocycles. The van der Waals surface area contributed by atoms with Gasteiger partial charge in [0.15, 0.2) is 0 Å². The van der Waals surface area contributed by atoms with E-state index >= 15 is 0 Å². The summed E-state index contributed by atoms with van der Waals surface area (Å²) in [5.74, 6) is 0.848. The summed E-state index contributed by atoms with van der Waals surface area (Å²) < 4.78 is 5.85. The maximum absolute atomic E-state index is 12.7. The molecule has 4 atom stereocenters. The Morgan fingerprint density at radius 1 is 1.31 bits per heavy atom. The zero-order chi connectivity index (χ0) is 23.3. The molecule has 1 aliphatic heterocycles. The van der Waals surface area contributed by atoms with Crippen LogP contribution in [0.5, 0.6) is 11.5 Å². The summed E-state index contributed by atoms with van der Waals surface area (Å²) in [6, 6.07) is 4.21. The minimum atomic E-state index is -0.456. The molecule has 176 valence electrons. The fourth-order valence-corrected chi connectivity index (χ4v) is 4.86. The number of phenols is 1. The highest BCUT2D eigenvalue weighted by molar-refractivity contribution is 5.72. The Kier molecular flexibility index (Phi) is 8.41. The van der Waals surface area contributed by atoms with Crippen molar-refractivity contribution in [2.75, 3.05) is 19.6 Å². The van der Waals surface area contributed by atoms with E-state index in [1.165, 1.54) is 5.57 Å². The molecule has 32 heavy (non-hydrogen) atoms. The molecule has 1 heterocycles. The molecule has 2 unspecified atom stereocenters. The predicted molar refractivity (Wildman–Crippen MR) is 130 cm³/mol. The van der Waals surface area contributed by atoms with Crippen LogP contribution in [0, 0.1) is 5.92 Å². The van der Waals surface area contributed by atoms with E-state index in [1.54, 1.807) is 0 Å². The van der Waals surface area contributed by atoms with Gasteiger partial charge in [-0.3, -0.25) is 4.90 Å². The van der Waals surface area contributed by atoms with E-state index in [4.69, 9.17) is 4.74 Å². The highest BCUT2D eigenvalue weighted by Gasteiger charge is 2.33. The molecule has 1 aromatic rings. The number of nitrogens with zero attached hydrogens (tertiary/aromatic N) is 1. The zero-order valence-electron chi connectivity index (χ0n) is 20.2. The van der Waals surface area contributed by atoms with Gasteiger partial charge in [-0.25, -0.2) is 4.79 Å². The topological polar surface area (TPSA) is 61.6 Å². The molecule has 1 amide bonds. The number of carbonyl (C=O) groups excluding carboxylic acids is 1. The molecular formula is C27H40N2O3. The van der Waals surface area contributed by atoms with Crippen molar-refractivity contribution in [2.45, 2.75) is 78.2 Å². The van der Waals surface area contributed by atoms with Gasteiger partial charge >= 0.3 is 6.09 Å². The van der Waals surface area contributed by atoms with E-state index < -0.39 is 6.09 Å². The summed E-state index contributed by atoms with van der Waals surface area (Å²) >= 11 is 0. The van der Waals surface area contributed by atoms with Gasteiger partial charge in [-0.05, 0) is 69.7 Å². The highest BCUT2D eigenvalue weighted by Crippen LogP contribution is 2.47. The van der Waals surface area contributed by atoms with Crippen molar-refractivity contribution in [3.8, 4) is 11.5 Å². The second-order valence-electron chi connectivity index (χ2n) is 9.53. The highest BCUT2D eigenvalue weighted by atomic mass is 16.6. The van der Waals surface area contributed by atoms with Crippen molar-refractivity contribution < 1.29 is 14.6 Å². The molecule has 0 bridgehead atoms. The number of aromatic hydroxyl groups is 1. The quantitative estimate of drug-likeness (QED) is 0.269. The average Bonchev–Trinajstić information content (AvgIpc) is 3.51.